The summed E-state index contributed by atoms with van der Waals surface area (Å²) in [5.74, 6) is 2.24. The predicted octanol–water partition coefficient (Wildman–Crippen LogP) is 3.37. The molecule has 0 atom stereocenters. The number of ether oxygens (including phenoxy) is 4. The van der Waals surface area contributed by atoms with Crippen molar-refractivity contribution in [2.45, 2.75) is 0 Å². The van der Waals surface area contributed by atoms with Gasteiger partial charge in [0.25, 0.3) is 0 Å². The van der Waals surface area contributed by atoms with Gasteiger partial charge in [0.05, 0.1) is 39.8 Å². The second-order valence-corrected chi connectivity index (χ2v) is 4.71. The van der Waals surface area contributed by atoms with Gasteiger partial charge in [-0.2, -0.15) is 0 Å². The highest BCUT2D eigenvalue weighted by Gasteiger charge is 2.12. The summed E-state index contributed by atoms with van der Waals surface area (Å²) in [5.41, 5.74) is 0.965. The number of anilines is 2. The number of urea groups is 1. The van der Waals surface area contributed by atoms with E-state index in [1.165, 1.54) is 14.2 Å². The Bertz CT molecular complexity index is 659. The summed E-state index contributed by atoms with van der Waals surface area (Å²) in [6, 6.07) is 9.79. The number of carbonyl (C=O) groups excluding carboxylic acids is 1. The maximum absolute atomic E-state index is 12.3. The minimum absolute atomic E-state index is 0.451. The highest BCUT2D eigenvalue weighted by atomic mass is 16.5. The van der Waals surface area contributed by atoms with Crippen molar-refractivity contribution in [2.24, 2.45) is 0 Å². The van der Waals surface area contributed by atoms with Crippen molar-refractivity contribution in [3.05, 3.63) is 36.4 Å². The first-order valence-corrected chi connectivity index (χ1v) is 7.13. The summed E-state index contributed by atoms with van der Waals surface area (Å²) >= 11 is 0. The molecule has 0 bridgehead atoms. The Kier molecular flexibility index (Phi) is 5.73. The molecule has 0 aliphatic rings. The second kappa shape index (κ2) is 7.96. The molecule has 0 unspecified atom stereocenters. The maximum Gasteiger partial charge on any atom is 0.323 e. The van der Waals surface area contributed by atoms with Gasteiger partial charge in [0.2, 0.25) is 0 Å². The highest BCUT2D eigenvalue weighted by Crippen LogP contribution is 2.31. The lowest BCUT2D eigenvalue weighted by Gasteiger charge is -2.14. The summed E-state index contributed by atoms with van der Waals surface area (Å²) in [6.07, 6.45) is 0. The topological polar surface area (TPSA) is 78.1 Å². The number of nitrogens with one attached hydrogen (secondary N) is 2. The third-order valence-corrected chi connectivity index (χ3v) is 3.31. The lowest BCUT2D eigenvalue weighted by atomic mass is 10.2. The van der Waals surface area contributed by atoms with Crippen LogP contribution in [0.25, 0.3) is 0 Å². The van der Waals surface area contributed by atoms with Crippen LogP contribution in [0.1, 0.15) is 0 Å². The fraction of sp³-hybridized carbons (Fsp3) is 0.235. The molecule has 24 heavy (non-hydrogen) atoms. The van der Waals surface area contributed by atoms with Crippen LogP contribution in [0.2, 0.25) is 0 Å². The number of amides is 2. The van der Waals surface area contributed by atoms with E-state index >= 15 is 0 Å². The van der Waals surface area contributed by atoms with Crippen LogP contribution in [0.4, 0.5) is 16.2 Å². The summed E-state index contributed by atoms with van der Waals surface area (Å²) in [6.45, 7) is 0. The third-order valence-electron chi connectivity index (χ3n) is 3.31. The van der Waals surface area contributed by atoms with E-state index in [0.717, 1.165) is 0 Å². The van der Waals surface area contributed by atoms with E-state index in [-0.39, 0.29) is 0 Å². The monoisotopic (exact) mass is 332 g/mol. The van der Waals surface area contributed by atoms with Crippen molar-refractivity contribution in [3.63, 3.8) is 0 Å². The fourth-order valence-electron chi connectivity index (χ4n) is 2.10. The third kappa shape index (κ3) is 4.01. The first kappa shape index (κ1) is 17.3. The Labute approximate surface area is 140 Å². The van der Waals surface area contributed by atoms with Gasteiger partial charge in [-0.15, -0.1) is 0 Å². The molecule has 2 N–H and O–H groups in total. The standard InChI is InChI=1S/C17H20N2O5/c1-21-11-5-7-15(23-3)13(9-11)18-17(20)19-14-10-12(22-2)6-8-16(14)24-4/h5-10H,1-4H3,(H2,18,19,20). The zero-order valence-corrected chi connectivity index (χ0v) is 14.0. The zero-order chi connectivity index (χ0) is 17.5. The smallest absolute Gasteiger partial charge is 0.323 e. The van der Waals surface area contributed by atoms with E-state index in [0.29, 0.717) is 34.4 Å². The molecule has 7 nitrogen and oxygen atoms in total. The maximum atomic E-state index is 12.3. The van der Waals surface area contributed by atoms with Crippen LogP contribution < -0.4 is 29.6 Å². The summed E-state index contributed by atoms with van der Waals surface area (Å²) < 4.78 is 20.8. The lowest BCUT2D eigenvalue weighted by Crippen LogP contribution is -2.20. The fourth-order valence-corrected chi connectivity index (χ4v) is 2.10. The van der Waals surface area contributed by atoms with Crippen LogP contribution in [-0.4, -0.2) is 34.5 Å². The molecule has 0 aromatic heterocycles. The van der Waals surface area contributed by atoms with Gasteiger partial charge in [0, 0.05) is 12.1 Å². The van der Waals surface area contributed by atoms with Gasteiger partial charge in [0.15, 0.2) is 0 Å². The van der Waals surface area contributed by atoms with Crippen molar-refractivity contribution in [1.29, 1.82) is 0 Å². The number of carbonyl (C=O) groups is 1. The van der Waals surface area contributed by atoms with Crippen LogP contribution in [0.5, 0.6) is 23.0 Å². The molecule has 0 aliphatic heterocycles. The average Bonchev–Trinajstić information content (AvgIpc) is 2.61. The molecule has 7 heteroatoms. The molecule has 0 aliphatic carbocycles. The Hall–Kier alpha value is -3.09. The minimum Gasteiger partial charge on any atom is -0.497 e. The highest BCUT2D eigenvalue weighted by molar-refractivity contribution is 6.01. The van der Waals surface area contributed by atoms with Crippen LogP contribution in [-0.2, 0) is 0 Å². The van der Waals surface area contributed by atoms with E-state index in [1.54, 1.807) is 50.6 Å². The summed E-state index contributed by atoms with van der Waals surface area (Å²) in [4.78, 5) is 12.3. The molecule has 0 heterocycles. The number of benzene rings is 2. The Balaban J connectivity index is 2.19. The SMILES string of the molecule is COc1ccc(OC)c(NC(=O)Nc2cc(OC)ccc2OC)c1. The largest absolute Gasteiger partial charge is 0.497 e. The first-order valence-electron chi connectivity index (χ1n) is 7.13. The lowest BCUT2D eigenvalue weighted by molar-refractivity contribution is 0.262. The van der Waals surface area contributed by atoms with Gasteiger partial charge in [-0.3, -0.25) is 0 Å². The van der Waals surface area contributed by atoms with Gasteiger partial charge in [-0.05, 0) is 24.3 Å². The van der Waals surface area contributed by atoms with Crippen molar-refractivity contribution >= 4 is 17.4 Å². The average molecular weight is 332 g/mol. The van der Waals surface area contributed by atoms with E-state index in [2.05, 4.69) is 10.6 Å². The molecule has 2 rings (SSSR count). The van der Waals surface area contributed by atoms with Crippen LogP contribution in [0, 0.1) is 0 Å². The molecule has 0 fully saturated rings. The van der Waals surface area contributed by atoms with Crippen LogP contribution >= 0.6 is 0 Å². The Morgan fingerprint density at radius 1 is 0.708 bits per heavy atom. The predicted molar refractivity (Wildman–Crippen MR) is 91.7 cm³/mol. The van der Waals surface area contributed by atoms with Gasteiger partial charge >= 0.3 is 6.03 Å². The molecule has 0 radical (unpaired) electrons. The minimum atomic E-state index is -0.451. The number of methoxy groups -OCH3 is 4. The molecule has 2 aromatic carbocycles. The van der Waals surface area contributed by atoms with E-state index < -0.39 is 6.03 Å². The normalized spacial score (nSPS) is 9.83. The van der Waals surface area contributed by atoms with Crippen molar-refractivity contribution < 1.29 is 23.7 Å². The molecular formula is C17H20N2O5. The molecule has 0 saturated carbocycles. The van der Waals surface area contributed by atoms with Crippen molar-refractivity contribution in [3.8, 4) is 23.0 Å². The number of hydrogen-bond acceptors (Lipinski definition) is 5. The first-order chi connectivity index (χ1) is 11.6. The van der Waals surface area contributed by atoms with E-state index in [1.807, 2.05) is 0 Å². The van der Waals surface area contributed by atoms with Gasteiger partial charge < -0.3 is 29.6 Å². The van der Waals surface area contributed by atoms with Crippen molar-refractivity contribution in [1.82, 2.24) is 0 Å². The second-order valence-electron chi connectivity index (χ2n) is 4.71. The van der Waals surface area contributed by atoms with E-state index in [9.17, 15) is 4.79 Å². The van der Waals surface area contributed by atoms with Crippen LogP contribution in [0.15, 0.2) is 36.4 Å². The molecular weight excluding hydrogens is 312 g/mol. The van der Waals surface area contributed by atoms with Gasteiger partial charge in [-0.25, -0.2) is 4.79 Å². The zero-order valence-electron chi connectivity index (χ0n) is 14.0. The summed E-state index contributed by atoms with van der Waals surface area (Å²) in [5, 5.41) is 5.44. The van der Waals surface area contributed by atoms with Gasteiger partial charge in [-0.1, -0.05) is 0 Å². The molecule has 0 saturated heterocycles. The molecule has 128 valence electrons. The van der Waals surface area contributed by atoms with E-state index in [4.69, 9.17) is 18.9 Å². The molecule has 2 aromatic rings. The number of hydrogen-bond donors (Lipinski definition) is 2. The van der Waals surface area contributed by atoms with Gasteiger partial charge in [0.1, 0.15) is 23.0 Å². The Morgan fingerprint density at radius 3 is 1.46 bits per heavy atom. The van der Waals surface area contributed by atoms with Crippen molar-refractivity contribution in [2.75, 3.05) is 39.1 Å². The number of rotatable bonds is 6. The summed E-state index contributed by atoms with van der Waals surface area (Å²) in [7, 11) is 6.14. The molecule has 0 spiro atoms. The van der Waals surface area contributed by atoms with Crippen LogP contribution in [0.3, 0.4) is 0 Å². The Morgan fingerprint density at radius 2 is 1.12 bits per heavy atom. The quantitative estimate of drug-likeness (QED) is 0.848. The molecule has 2 amide bonds.